The van der Waals surface area contributed by atoms with Crippen molar-refractivity contribution in [1.29, 1.82) is 5.26 Å². The van der Waals surface area contributed by atoms with Crippen LogP contribution in [0, 0.1) is 24.1 Å². The van der Waals surface area contributed by atoms with Gasteiger partial charge in [-0.15, -0.1) is 0 Å². The summed E-state index contributed by atoms with van der Waals surface area (Å²) in [7, 11) is 3.35. The van der Waals surface area contributed by atoms with Crippen molar-refractivity contribution in [2.45, 2.75) is 20.0 Å². The molecule has 140 valence electrons. The van der Waals surface area contributed by atoms with Gasteiger partial charge in [0.1, 0.15) is 17.3 Å². The second-order valence-electron chi connectivity index (χ2n) is 6.47. The topological polar surface area (TPSA) is 94.3 Å². The minimum atomic E-state index is -0.671. The van der Waals surface area contributed by atoms with E-state index in [0.717, 1.165) is 6.07 Å². The molecule has 0 fully saturated rings. The van der Waals surface area contributed by atoms with Crippen molar-refractivity contribution in [2.75, 3.05) is 26.0 Å². The van der Waals surface area contributed by atoms with Crippen molar-refractivity contribution in [3.8, 4) is 6.07 Å². The van der Waals surface area contributed by atoms with Gasteiger partial charge >= 0.3 is 6.03 Å². The van der Waals surface area contributed by atoms with Crippen molar-refractivity contribution in [3.05, 3.63) is 46.8 Å². The maximum Gasteiger partial charge on any atom is 0.322 e. The van der Waals surface area contributed by atoms with Crippen molar-refractivity contribution in [1.82, 2.24) is 19.4 Å². The molecule has 27 heavy (non-hydrogen) atoms. The van der Waals surface area contributed by atoms with Crippen molar-refractivity contribution >= 4 is 17.6 Å². The summed E-state index contributed by atoms with van der Waals surface area (Å²) < 4.78 is 15.8. The third-order valence-electron chi connectivity index (χ3n) is 4.38. The molecule has 2 aromatic rings. The fourth-order valence-corrected chi connectivity index (χ4v) is 3.00. The van der Waals surface area contributed by atoms with Crippen LogP contribution in [-0.2, 0) is 13.1 Å². The fraction of sp³-hybridized carbons (Fsp3) is 0.333. The zero-order chi connectivity index (χ0) is 19.7. The number of aryl methyl sites for hydroxylation is 1. The Morgan fingerprint density at radius 2 is 2.07 bits per heavy atom. The van der Waals surface area contributed by atoms with Gasteiger partial charge in [0.15, 0.2) is 0 Å². The molecule has 1 aliphatic heterocycles. The molecule has 1 N–H and O–H groups in total. The van der Waals surface area contributed by atoms with Crippen LogP contribution in [0.25, 0.3) is 0 Å². The van der Waals surface area contributed by atoms with Crippen LogP contribution in [0.5, 0.6) is 0 Å². The number of fused-ring (bicyclic) bond motifs is 1. The summed E-state index contributed by atoms with van der Waals surface area (Å²) in [6, 6.07) is 5.24. The summed E-state index contributed by atoms with van der Waals surface area (Å²) >= 11 is 0. The predicted molar refractivity (Wildman–Crippen MR) is 95.5 cm³/mol. The van der Waals surface area contributed by atoms with E-state index in [1.807, 2.05) is 10.6 Å². The number of nitrogens with zero attached hydrogens (tertiary/aromatic N) is 5. The Morgan fingerprint density at radius 3 is 2.70 bits per heavy atom. The number of carbonyl (C=O) groups excluding carboxylic acids is 2. The summed E-state index contributed by atoms with van der Waals surface area (Å²) in [5.74, 6) is -0.196. The maximum absolute atomic E-state index is 14.0. The molecule has 9 heteroatoms. The van der Waals surface area contributed by atoms with Crippen LogP contribution < -0.4 is 5.32 Å². The van der Waals surface area contributed by atoms with Crippen LogP contribution in [0.2, 0.25) is 0 Å². The Bertz CT molecular complexity index is 959. The van der Waals surface area contributed by atoms with Crippen molar-refractivity contribution < 1.29 is 14.0 Å². The highest BCUT2D eigenvalue weighted by Gasteiger charge is 2.28. The molecule has 1 aromatic heterocycles. The number of urea groups is 1. The quantitative estimate of drug-likeness (QED) is 0.874. The number of nitrogens with one attached hydrogen (secondary N) is 1. The first kappa shape index (κ1) is 18.4. The number of halogens is 1. The molecular formula is C18H19FN6O2. The van der Waals surface area contributed by atoms with Gasteiger partial charge in [-0.1, -0.05) is 0 Å². The second-order valence-corrected chi connectivity index (χ2v) is 6.47. The molecule has 0 radical (unpaired) electrons. The number of rotatable bonds is 2. The lowest BCUT2D eigenvalue weighted by molar-refractivity contribution is 0.0813. The van der Waals surface area contributed by atoms with Gasteiger partial charge in [-0.2, -0.15) is 5.26 Å². The fourth-order valence-electron chi connectivity index (χ4n) is 3.00. The monoisotopic (exact) mass is 370 g/mol. The standard InChI is InChI=1S/C18H19FN6O2/c1-11-16(17(26)23(2)3)25-7-6-24(10-15(25)21-11)18(27)22-14-5-4-12(9-20)8-13(14)19/h4-5,8H,6-7,10H2,1-3H3,(H,22,27). The van der Waals surface area contributed by atoms with Gasteiger partial charge in [0, 0.05) is 27.2 Å². The van der Waals surface area contributed by atoms with Gasteiger partial charge in [-0.25, -0.2) is 14.2 Å². The minimum absolute atomic E-state index is 0.00701. The first-order valence-electron chi connectivity index (χ1n) is 8.35. The summed E-state index contributed by atoms with van der Waals surface area (Å²) in [6.07, 6.45) is 0. The number of nitriles is 1. The normalized spacial score (nSPS) is 12.9. The number of amides is 3. The number of benzene rings is 1. The smallest absolute Gasteiger partial charge is 0.322 e. The van der Waals surface area contributed by atoms with E-state index in [2.05, 4.69) is 10.3 Å². The first-order valence-corrected chi connectivity index (χ1v) is 8.35. The van der Waals surface area contributed by atoms with Gasteiger partial charge in [-0.05, 0) is 25.1 Å². The van der Waals surface area contributed by atoms with Gasteiger partial charge in [0.05, 0.1) is 29.6 Å². The number of imidazole rings is 1. The van der Waals surface area contributed by atoms with Crippen molar-refractivity contribution in [3.63, 3.8) is 0 Å². The lowest BCUT2D eigenvalue weighted by Crippen LogP contribution is -2.42. The number of anilines is 1. The van der Waals surface area contributed by atoms with Crippen molar-refractivity contribution in [2.24, 2.45) is 0 Å². The molecule has 8 nitrogen and oxygen atoms in total. The van der Waals surface area contributed by atoms with E-state index in [4.69, 9.17) is 5.26 Å². The van der Waals surface area contributed by atoms with E-state index < -0.39 is 11.8 Å². The van der Waals surface area contributed by atoms with Crippen LogP contribution in [0.4, 0.5) is 14.9 Å². The predicted octanol–water partition coefficient (Wildman–Crippen LogP) is 1.95. The Labute approximate surface area is 155 Å². The van der Waals surface area contributed by atoms with E-state index in [0.29, 0.717) is 30.3 Å². The highest BCUT2D eigenvalue weighted by molar-refractivity contribution is 5.93. The molecule has 0 atom stereocenters. The van der Waals surface area contributed by atoms with E-state index in [1.54, 1.807) is 21.0 Å². The largest absolute Gasteiger partial charge is 0.343 e. The number of aromatic nitrogens is 2. The molecule has 1 aliphatic rings. The molecule has 0 bridgehead atoms. The van der Waals surface area contributed by atoms with Gasteiger partial charge < -0.3 is 19.7 Å². The summed E-state index contributed by atoms with van der Waals surface area (Å²) in [6.45, 7) is 2.76. The highest BCUT2D eigenvalue weighted by atomic mass is 19.1. The minimum Gasteiger partial charge on any atom is -0.343 e. The summed E-state index contributed by atoms with van der Waals surface area (Å²) in [5.41, 5.74) is 1.32. The van der Waals surface area contributed by atoms with E-state index in [-0.39, 0.29) is 23.7 Å². The number of hydrogen-bond donors (Lipinski definition) is 1. The SMILES string of the molecule is Cc1nc2n(c1C(=O)N(C)C)CCN(C(=O)Nc1ccc(C#N)cc1F)C2. The molecule has 0 spiro atoms. The zero-order valence-electron chi connectivity index (χ0n) is 15.3. The second kappa shape index (κ2) is 7.07. The molecule has 3 amide bonds. The van der Waals surface area contributed by atoms with Crippen LogP contribution in [0.3, 0.4) is 0 Å². The zero-order valence-corrected chi connectivity index (χ0v) is 15.3. The third kappa shape index (κ3) is 3.46. The van der Waals surface area contributed by atoms with Crippen LogP contribution >= 0.6 is 0 Å². The lowest BCUT2D eigenvalue weighted by atomic mass is 10.2. The Morgan fingerprint density at radius 1 is 1.33 bits per heavy atom. The average Bonchev–Trinajstić information content (AvgIpc) is 2.97. The first-order chi connectivity index (χ1) is 12.8. The van der Waals surface area contributed by atoms with Gasteiger partial charge in [0.2, 0.25) is 0 Å². The Hall–Kier alpha value is -3.41. The molecule has 0 aliphatic carbocycles. The van der Waals surface area contributed by atoms with Gasteiger partial charge in [-0.3, -0.25) is 4.79 Å². The maximum atomic E-state index is 14.0. The molecule has 0 saturated heterocycles. The van der Waals surface area contributed by atoms with E-state index in [9.17, 15) is 14.0 Å². The summed E-state index contributed by atoms with van der Waals surface area (Å²) in [5, 5.41) is 11.3. The third-order valence-corrected chi connectivity index (χ3v) is 4.38. The summed E-state index contributed by atoms with van der Waals surface area (Å²) in [4.78, 5) is 32.3. The van der Waals surface area contributed by atoms with E-state index in [1.165, 1.54) is 21.9 Å². The molecule has 0 saturated carbocycles. The number of hydrogen-bond acceptors (Lipinski definition) is 4. The van der Waals surface area contributed by atoms with Crippen LogP contribution in [0.1, 0.15) is 27.6 Å². The molecule has 2 heterocycles. The molecule has 1 aromatic carbocycles. The Kier molecular flexibility index (Phi) is 4.81. The highest BCUT2D eigenvalue weighted by Crippen LogP contribution is 2.21. The lowest BCUT2D eigenvalue weighted by Gasteiger charge is -2.29. The average molecular weight is 370 g/mol. The number of carbonyl (C=O) groups is 2. The van der Waals surface area contributed by atoms with E-state index >= 15 is 0 Å². The Balaban J connectivity index is 1.77. The van der Waals surface area contributed by atoms with Crippen LogP contribution in [-0.4, -0.2) is 51.9 Å². The molecule has 3 rings (SSSR count). The van der Waals surface area contributed by atoms with Gasteiger partial charge in [0.25, 0.3) is 5.91 Å². The molecule has 0 unspecified atom stereocenters. The van der Waals surface area contributed by atoms with Crippen LogP contribution in [0.15, 0.2) is 18.2 Å². The molecular weight excluding hydrogens is 351 g/mol.